The van der Waals surface area contributed by atoms with Crippen LogP contribution in [0.1, 0.15) is 12.8 Å². The van der Waals surface area contributed by atoms with Gasteiger partial charge in [0.2, 0.25) is 11.8 Å². The van der Waals surface area contributed by atoms with Gasteiger partial charge < -0.3 is 15.5 Å². The van der Waals surface area contributed by atoms with Gasteiger partial charge in [-0.25, -0.2) is 4.39 Å². The topological polar surface area (TPSA) is 61.4 Å². The third-order valence-electron chi connectivity index (χ3n) is 4.09. The molecule has 112 valence electrons. The fourth-order valence-corrected chi connectivity index (χ4v) is 3.05. The highest BCUT2D eigenvalue weighted by Crippen LogP contribution is 2.26. The van der Waals surface area contributed by atoms with Gasteiger partial charge in [0.1, 0.15) is 5.82 Å². The number of hydrogen-bond acceptors (Lipinski definition) is 3. The molecule has 2 fully saturated rings. The second-order valence-corrected chi connectivity index (χ2v) is 5.58. The molecule has 3 rings (SSSR count). The van der Waals surface area contributed by atoms with Gasteiger partial charge >= 0.3 is 0 Å². The lowest BCUT2D eigenvalue weighted by molar-refractivity contribution is -0.134. The average Bonchev–Trinajstić information content (AvgIpc) is 2.78. The zero-order valence-corrected chi connectivity index (χ0v) is 11.6. The summed E-state index contributed by atoms with van der Waals surface area (Å²) in [4.78, 5) is 25.8. The summed E-state index contributed by atoms with van der Waals surface area (Å²) in [7, 11) is 0. The van der Waals surface area contributed by atoms with E-state index in [-0.39, 0.29) is 36.1 Å². The van der Waals surface area contributed by atoms with E-state index >= 15 is 0 Å². The van der Waals surface area contributed by atoms with E-state index in [1.165, 1.54) is 24.3 Å². The molecule has 2 atom stereocenters. The highest BCUT2D eigenvalue weighted by atomic mass is 19.1. The summed E-state index contributed by atoms with van der Waals surface area (Å²) < 4.78 is 12.8. The Bertz CT molecular complexity index is 546. The number of amides is 2. The van der Waals surface area contributed by atoms with E-state index in [0.717, 1.165) is 19.4 Å². The Morgan fingerprint density at radius 1 is 1.38 bits per heavy atom. The fourth-order valence-electron chi connectivity index (χ4n) is 3.05. The molecule has 2 N–H and O–H groups in total. The van der Waals surface area contributed by atoms with Gasteiger partial charge in [-0.15, -0.1) is 0 Å². The lowest BCUT2D eigenvalue weighted by Gasteiger charge is -2.23. The van der Waals surface area contributed by atoms with Crippen molar-refractivity contribution in [3.63, 3.8) is 0 Å². The zero-order valence-electron chi connectivity index (χ0n) is 11.6. The molecular formula is C15H18FN3O2. The van der Waals surface area contributed by atoms with Crippen LogP contribution in [0.2, 0.25) is 0 Å². The van der Waals surface area contributed by atoms with Crippen molar-refractivity contribution in [3.8, 4) is 0 Å². The molecule has 2 amide bonds. The number of hydrogen-bond donors (Lipinski definition) is 2. The van der Waals surface area contributed by atoms with E-state index in [9.17, 15) is 14.0 Å². The lowest BCUT2D eigenvalue weighted by atomic mass is 9.94. The molecule has 0 aliphatic carbocycles. The second-order valence-electron chi connectivity index (χ2n) is 5.58. The van der Waals surface area contributed by atoms with Crippen LogP contribution in [0.25, 0.3) is 0 Å². The molecule has 2 aliphatic heterocycles. The first kappa shape index (κ1) is 14.0. The number of halogens is 1. The molecule has 0 spiro atoms. The summed E-state index contributed by atoms with van der Waals surface area (Å²) in [6.45, 7) is 1.56. The number of rotatable bonds is 3. The SMILES string of the molecule is O=C(CN1CC2NCCCC2C1=O)Nc1ccc(F)cc1. The Morgan fingerprint density at radius 3 is 2.86 bits per heavy atom. The number of carbonyl (C=O) groups excluding carboxylic acids is 2. The number of likely N-dealkylation sites (tertiary alicyclic amines) is 1. The molecule has 0 aromatic heterocycles. The van der Waals surface area contributed by atoms with Gasteiger partial charge in [-0.3, -0.25) is 9.59 Å². The Hall–Kier alpha value is -1.95. The smallest absolute Gasteiger partial charge is 0.243 e. The Kier molecular flexibility index (Phi) is 3.88. The molecule has 6 heteroatoms. The molecule has 0 saturated carbocycles. The number of benzene rings is 1. The maximum atomic E-state index is 12.8. The number of fused-ring (bicyclic) bond motifs is 1. The first-order valence-corrected chi connectivity index (χ1v) is 7.21. The predicted molar refractivity (Wildman–Crippen MR) is 76.1 cm³/mol. The second kappa shape index (κ2) is 5.81. The number of nitrogens with one attached hydrogen (secondary N) is 2. The third kappa shape index (κ3) is 3.05. The largest absolute Gasteiger partial charge is 0.331 e. The third-order valence-corrected chi connectivity index (χ3v) is 4.09. The van der Waals surface area contributed by atoms with Crippen LogP contribution in [0.15, 0.2) is 24.3 Å². The van der Waals surface area contributed by atoms with Crippen molar-refractivity contribution in [2.45, 2.75) is 18.9 Å². The molecule has 1 aromatic rings. The van der Waals surface area contributed by atoms with Crippen LogP contribution in [-0.4, -0.2) is 42.4 Å². The summed E-state index contributed by atoms with van der Waals surface area (Å²) in [6.07, 6.45) is 1.90. The Balaban J connectivity index is 1.57. The number of nitrogens with zero attached hydrogens (tertiary/aromatic N) is 1. The van der Waals surface area contributed by atoms with Crippen LogP contribution in [-0.2, 0) is 9.59 Å². The minimum absolute atomic E-state index is 0.0115. The maximum Gasteiger partial charge on any atom is 0.243 e. The van der Waals surface area contributed by atoms with Crippen LogP contribution in [0.5, 0.6) is 0 Å². The highest BCUT2D eigenvalue weighted by Gasteiger charge is 2.41. The first-order chi connectivity index (χ1) is 10.1. The van der Waals surface area contributed by atoms with E-state index < -0.39 is 0 Å². The monoisotopic (exact) mass is 291 g/mol. The van der Waals surface area contributed by atoms with E-state index in [0.29, 0.717) is 12.2 Å². The van der Waals surface area contributed by atoms with Crippen molar-refractivity contribution in [2.24, 2.45) is 5.92 Å². The molecule has 1 aromatic carbocycles. The van der Waals surface area contributed by atoms with Gasteiger partial charge in [-0.2, -0.15) is 0 Å². The molecule has 2 heterocycles. The Labute approximate surface area is 122 Å². The zero-order chi connectivity index (χ0) is 14.8. The van der Waals surface area contributed by atoms with Gasteiger partial charge in [0.05, 0.1) is 12.5 Å². The standard InChI is InChI=1S/C15H18FN3O2/c16-10-3-5-11(6-4-10)18-14(20)9-19-8-13-12(15(19)21)2-1-7-17-13/h3-6,12-13,17H,1-2,7-9H2,(H,18,20). The van der Waals surface area contributed by atoms with Crippen molar-refractivity contribution in [1.82, 2.24) is 10.2 Å². The lowest BCUT2D eigenvalue weighted by Crippen LogP contribution is -2.41. The average molecular weight is 291 g/mol. The molecule has 0 bridgehead atoms. The summed E-state index contributed by atoms with van der Waals surface area (Å²) in [5.74, 6) is -0.537. The fraction of sp³-hybridized carbons (Fsp3) is 0.467. The number of anilines is 1. The minimum Gasteiger partial charge on any atom is -0.331 e. The number of piperidine rings is 1. The van der Waals surface area contributed by atoms with Gasteiger partial charge in [0, 0.05) is 18.3 Å². The van der Waals surface area contributed by atoms with E-state index in [2.05, 4.69) is 10.6 Å². The van der Waals surface area contributed by atoms with Gasteiger partial charge in [-0.05, 0) is 43.7 Å². The maximum absolute atomic E-state index is 12.8. The van der Waals surface area contributed by atoms with Crippen LogP contribution in [0.3, 0.4) is 0 Å². The van der Waals surface area contributed by atoms with Crippen molar-refractivity contribution < 1.29 is 14.0 Å². The predicted octanol–water partition coefficient (Wildman–Crippen LogP) is 0.975. The van der Waals surface area contributed by atoms with E-state index in [4.69, 9.17) is 0 Å². The molecular weight excluding hydrogens is 273 g/mol. The van der Waals surface area contributed by atoms with Crippen LogP contribution >= 0.6 is 0 Å². The van der Waals surface area contributed by atoms with E-state index in [1.54, 1.807) is 4.90 Å². The summed E-state index contributed by atoms with van der Waals surface area (Å²) in [6, 6.07) is 5.75. The molecule has 21 heavy (non-hydrogen) atoms. The van der Waals surface area contributed by atoms with Gasteiger partial charge in [0.25, 0.3) is 0 Å². The summed E-state index contributed by atoms with van der Waals surface area (Å²) in [5.41, 5.74) is 0.531. The van der Waals surface area contributed by atoms with Crippen molar-refractivity contribution in [1.29, 1.82) is 0 Å². The highest BCUT2D eigenvalue weighted by molar-refractivity contribution is 5.95. The van der Waals surface area contributed by atoms with Gasteiger partial charge in [-0.1, -0.05) is 0 Å². The first-order valence-electron chi connectivity index (χ1n) is 7.21. The van der Waals surface area contributed by atoms with Crippen molar-refractivity contribution >= 4 is 17.5 Å². The summed E-state index contributed by atoms with van der Waals surface area (Å²) >= 11 is 0. The minimum atomic E-state index is -0.349. The van der Waals surface area contributed by atoms with Crippen LogP contribution < -0.4 is 10.6 Å². The van der Waals surface area contributed by atoms with Crippen molar-refractivity contribution in [2.75, 3.05) is 25.0 Å². The summed E-state index contributed by atoms with van der Waals surface area (Å²) in [5, 5.41) is 6.01. The van der Waals surface area contributed by atoms with Crippen molar-refractivity contribution in [3.05, 3.63) is 30.1 Å². The normalized spacial score (nSPS) is 24.8. The molecule has 2 aliphatic rings. The molecule has 2 unspecified atom stereocenters. The number of carbonyl (C=O) groups is 2. The van der Waals surface area contributed by atoms with E-state index in [1.807, 2.05) is 0 Å². The quantitative estimate of drug-likeness (QED) is 0.872. The van der Waals surface area contributed by atoms with Crippen LogP contribution in [0, 0.1) is 11.7 Å². The molecule has 0 radical (unpaired) electrons. The van der Waals surface area contributed by atoms with Crippen LogP contribution in [0.4, 0.5) is 10.1 Å². The van der Waals surface area contributed by atoms with Gasteiger partial charge in [0.15, 0.2) is 0 Å². The molecule has 2 saturated heterocycles. The molecule has 5 nitrogen and oxygen atoms in total. The Morgan fingerprint density at radius 2 is 2.14 bits per heavy atom.